The molecule has 3 rings (SSSR count). The molecular weight excluding hydrogens is 264 g/mol. The van der Waals surface area contributed by atoms with E-state index in [1.54, 1.807) is 24.3 Å². The first-order chi connectivity index (χ1) is 10.0. The van der Waals surface area contributed by atoms with E-state index in [0.717, 1.165) is 24.0 Å². The maximum atomic E-state index is 11.5. The van der Waals surface area contributed by atoms with Gasteiger partial charge < -0.3 is 10.2 Å². The summed E-state index contributed by atoms with van der Waals surface area (Å²) in [6, 6.07) is 3.25. The van der Waals surface area contributed by atoms with Gasteiger partial charge in [-0.05, 0) is 59.4 Å². The molecule has 0 saturated carbocycles. The van der Waals surface area contributed by atoms with Gasteiger partial charge in [0.15, 0.2) is 17.3 Å². The third-order valence-electron chi connectivity index (χ3n) is 4.48. The molecule has 108 valence electrons. The number of hydrogen-bond donors (Lipinski definition) is 2. The molecule has 21 heavy (non-hydrogen) atoms. The minimum Gasteiger partial charge on any atom is -0.504 e. The van der Waals surface area contributed by atoms with Gasteiger partial charge in [-0.3, -0.25) is 4.79 Å². The summed E-state index contributed by atoms with van der Waals surface area (Å²) >= 11 is 0. The Balaban J connectivity index is 2.34. The van der Waals surface area contributed by atoms with Gasteiger partial charge >= 0.3 is 0 Å². The first kappa shape index (κ1) is 13.7. The highest BCUT2D eigenvalue weighted by atomic mass is 16.3. The fourth-order valence-electron chi connectivity index (χ4n) is 3.57. The van der Waals surface area contributed by atoms with Gasteiger partial charge in [0.05, 0.1) is 5.41 Å². The normalized spacial score (nSPS) is 18.7. The van der Waals surface area contributed by atoms with Gasteiger partial charge in [-0.15, -0.1) is 0 Å². The van der Waals surface area contributed by atoms with E-state index in [9.17, 15) is 15.0 Å². The molecule has 2 aliphatic carbocycles. The maximum absolute atomic E-state index is 11.5. The second kappa shape index (κ2) is 4.62. The van der Waals surface area contributed by atoms with Crippen LogP contribution < -0.4 is 0 Å². The number of phenols is 2. The minimum absolute atomic E-state index is 0.0226. The summed E-state index contributed by atoms with van der Waals surface area (Å²) in [6.45, 7) is 4.18. The zero-order valence-corrected chi connectivity index (χ0v) is 12.2. The Morgan fingerprint density at radius 1 is 1.00 bits per heavy atom. The number of aromatic hydroxyl groups is 2. The molecule has 3 nitrogen and oxygen atoms in total. The fraction of sp³-hybridized carbons (Fsp3) is 0.278. The molecular formula is C18H18O3. The van der Waals surface area contributed by atoms with Crippen LogP contribution in [0.3, 0.4) is 0 Å². The molecule has 2 N–H and O–H groups in total. The van der Waals surface area contributed by atoms with Gasteiger partial charge in [0.1, 0.15) is 0 Å². The van der Waals surface area contributed by atoms with Crippen LogP contribution in [0.15, 0.2) is 42.0 Å². The van der Waals surface area contributed by atoms with Crippen LogP contribution in [0.1, 0.15) is 37.8 Å². The van der Waals surface area contributed by atoms with Crippen molar-refractivity contribution in [2.24, 2.45) is 0 Å². The van der Waals surface area contributed by atoms with E-state index in [4.69, 9.17) is 0 Å². The molecule has 0 saturated heterocycles. The predicted octanol–water partition coefficient (Wildman–Crippen LogP) is 3.62. The van der Waals surface area contributed by atoms with Gasteiger partial charge in [-0.2, -0.15) is 0 Å². The van der Waals surface area contributed by atoms with E-state index in [1.807, 2.05) is 12.2 Å². The summed E-state index contributed by atoms with van der Waals surface area (Å²) in [4.78, 5) is 11.5. The zero-order chi connectivity index (χ0) is 15.2. The maximum Gasteiger partial charge on any atom is 0.178 e. The van der Waals surface area contributed by atoms with Crippen LogP contribution in [-0.4, -0.2) is 16.0 Å². The molecule has 1 aromatic carbocycles. The van der Waals surface area contributed by atoms with Gasteiger partial charge in [-0.1, -0.05) is 26.0 Å². The van der Waals surface area contributed by atoms with Gasteiger partial charge in [0.25, 0.3) is 0 Å². The number of fused-ring (bicyclic) bond motifs is 2. The fourth-order valence-corrected chi connectivity index (χ4v) is 3.57. The van der Waals surface area contributed by atoms with Crippen LogP contribution in [-0.2, 0) is 10.2 Å². The molecule has 1 spiro atoms. The number of rotatable bonds is 2. The SMILES string of the molecule is CCC1=C(CC)C2(C=CC(=O)C=C2)c2cc(O)c(O)cc21. The molecule has 0 fully saturated rings. The van der Waals surface area contributed by atoms with Crippen LogP contribution >= 0.6 is 0 Å². The van der Waals surface area contributed by atoms with Crippen molar-refractivity contribution in [1.29, 1.82) is 0 Å². The number of carbonyl (C=O) groups excluding carboxylic acids is 1. The first-order valence-corrected chi connectivity index (χ1v) is 7.25. The van der Waals surface area contributed by atoms with E-state index in [-0.39, 0.29) is 17.3 Å². The Morgan fingerprint density at radius 3 is 2.19 bits per heavy atom. The molecule has 0 aliphatic heterocycles. The number of allylic oxidation sites excluding steroid dienone is 6. The Kier molecular flexibility index (Phi) is 3.01. The van der Waals surface area contributed by atoms with E-state index in [2.05, 4.69) is 13.8 Å². The molecule has 0 aromatic heterocycles. The molecule has 0 bridgehead atoms. The lowest BCUT2D eigenvalue weighted by Crippen LogP contribution is -2.24. The van der Waals surface area contributed by atoms with E-state index < -0.39 is 5.41 Å². The van der Waals surface area contributed by atoms with Gasteiger partial charge in [0.2, 0.25) is 0 Å². The van der Waals surface area contributed by atoms with E-state index in [0.29, 0.717) is 0 Å². The highest BCUT2D eigenvalue weighted by Crippen LogP contribution is 2.53. The van der Waals surface area contributed by atoms with Crippen LogP contribution in [0.5, 0.6) is 11.5 Å². The van der Waals surface area contributed by atoms with Crippen LogP contribution in [0, 0.1) is 0 Å². The Hall–Kier alpha value is -2.29. The van der Waals surface area contributed by atoms with Gasteiger partial charge in [-0.25, -0.2) is 0 Å². The quantitative estimate of drug-likeness (QED) is 0.815. The summed E-state index contributed by atoms with van der Waals surface area (Å²) < 4.78 is 0. The van der Waals surface area contributed by atoms with E-state index in [1.165, 1.54) is 11.1 Å². The van der Waals surface area contributed by atoms with Crippen molar-refractivity contribution in [3.05, 3.63) is 53.1 Å². The molecule has 2 aliphatic rings. The van der Waals surface area contributed by atoms with Gasteiger partial charge in [0, 0.05) is 0 Å². The minimum atomic E-state index is -0.464. The molecule has 0 amide bonds. The summed E-state index contributed by atoms with van der Waals surface area (Å²) in [5.41, 5.74) is 3.85. The monoisotopic (exact) mass is 282 g/mol. The van der Waals surface area contributed by atoms with Crippen molar-refractivity contribution >= 4 is 11.4 Å². The molecule has 3 heteroatoms. The zero-order valence-electron chi connectivity index (χ0n) is 12.2. The number of hydrogen-bond acceptors (Lipinski definition) is 3. The Labute approximate surface area is 123 Å². The lowest BCUT2D eigenvalue weighted by atomic mass is 9.73. The number of benzene rings is 1. The van der Waals surface area contributed by atoms with Crippen molar-refractivity contribution in [2.75, 3.05) is 0 Å². The summed E-state index contributed by atoms with van der Waals surface area (Å²) in [5, 5.41) is 19.7. The van der Waals surface area contributed by atoms with Crippen molar-refractivity contribution in [3.8, 4) is 11.5 Å². The lowest BCUT2D eigenvalue weighted by molar-refractivity contribution is -0.110. The van der Waals surface area contributed by atoms with Crippen molar-refractivity contribution in [1.82, 2.24) is 0 Å². The summed E-state index contributed by atoms with van der Waals surface area (Å²) in [6.07, 6.45) is 8.68. The standard InChI is InChI=1S/C18H18O3/c1-3-12-13-9-16(20)17(21)10-15(13)18(14(12)4-2)7-5-11(19)6-8-18/h5-10,20-21H,3-4H2,1-2H3. The summed E-state index contributed by atoms with van der Waals surface area (Å²) in [7, 11) is 0. The first-order valence-electron chi connectivity index (χ1n) is 7.25. The second-order valence-electron chi connectivity index (χ2n) is 5.49. The van der Waals surface area contributed by atoms with Crippen molar-refractivity contribution < 1.29 is 15.0 Å². The van der Waals surface area contributed by atoms with Crippen LogP contribution in [0.4, 0.5) is 0 Å². The van der Waals surface area contributed by atoms with Crippen LogP contribution in [0.25, 0.3) is 5.57 Å². The third-order valence-corrected chi connectivity index (χ3v) is 4.48. The van der Waals surface area contributed by atoms with Crippen molar-refractivity contribution in [2.45, 2.75) is 32.1 Å². The highest BCUT2D eigenvalue weighted by molar-refractivity contribution is 6.02. The average Bonchev–Trinajstić information content (AvgIpc) is 2.72. The topological polar surface area (TPSA) is 57.5 Å². The average molecular weight is 282 g/mol. The highest BCUT2D eigenvalue weighted by Gasteiger charge is 2.41. The van der Waals surface area contributed by atoms with E-state index >= 15 is 0 Å². The number of ketones is 1. The predicted molar refractivity (Wildman–Crippen MR) is 82.2 cm³/mol. The smallest absolute Gasteiger partial charge is 0.178 e. The number of carbonyl (C=O) groups is 1. The summed E-state index contributed by atoms with van der Waals surface area (Å²) in [5.74, 6) is -0.253. The van der Waals surface area contributed by atoms with Crippen molar-refractivity contribution in [3.63, 3.8) is 0 Å². The second-order valence-corrected chi connectivity index (χ2v) is 5.49. The molecule has 0 atom stereocenters. The van der Waals surface area contributed by atoms with Crippen LogP contribution in [0.2, 0.25) is 0 Å². The molecule has 0 radical (unpaired) electrons. The lowest BCUT2D eigenvalue weighted by Gasteiger charge is -2.29. The molecule has 0 unspecified atom stereocenters. The molecule has 1 aromatic rings. The molecule has 0 heterocycles. The largest absolute Gasteiger partial charge is 0.504 e. The Morgan fingerprint density at radius 2 is 1.62 bits per heavy atom. The third kappa shape index (κ3) is 1.77. The number of phenolic OH excluding ortho intramolecular Hbond substituents is 2. The Bertz CT molecular complexity index is 704.